The molecular formula is C8H4F6. The molecule has 14 heavy (non-hydrogen) atoms. The molecule has 0 aliphatic heterocycles. The van der Waals surface area contributed by atoms with Crippen LogP contribution in [0.5, 0.6) is 0 Å². The van der Waals surface area contributed by atoms with E-state index in [1.807, 2.05) is 0 Å². The summed E-state index contributed by atoms with van der Waals surface area (Å²) in [5, 5.41) is 0. The highest BCUT2D eigenvalue weighted by molar-refractivity contribution is 5.27. The van der Waals surface area contributed by atoms with Crippen molar-refractivity contribution in [3.8, 4) is 0 Å². The quantitative estimate of drug-likeness (QED) is 0.582. The minimum absolute atomic E-state index is 1.51. The average molecular weight is 218 g/mol. The summed E-state index contributed by atoms with van der Waals surface area (Å²) in [5.41, 5.74) is -4.31. The van der Waals surface area contributed by atoms with E-state index >= 15 is 0 Å². The second-order valence-electron chi connectivity index (χ2n) is 2.25. The van der Waals surface area contributed by atoms with Gasteiger partial charge in [0.15, 0.2) is 0 Å². The minimum atomic E-state index is -5.36. The van der Waals surface area contributed by atoms with Crippen LogP contribution in [0.15, 0.2) is 24.2 Å². The lowest BCUT2D eigenvalue weighted by Crippen LogP contribution is -2.09. The molecule has 0 atom stereocenters. The van der Waals surface area contributed by atoms with Gasteiger partial charge in [-0.3, -0.25) is 0 Å². The molecule has 0 saturated heterocycles. The van der Waals surface area contributed by atoms with Gasteiger partial charge in [0.05, 0.1) is 16.6 Å². The number of hydrogen-bond donors (Lipinski definition) is 0. The van der Waals surface area contributed by atoms with E-state index in [1.54, 1.807) is 0 Å². The van der Waals surface area contributed by atoms with Crippen LogP contribution in [-0.2, 0) is 12.4 Å². The van der Waals surface area contributed by atoms with Gasteiger partial charge in [0, 0.05) is 0 Å². The zero-order valence-electron chi connectivity index (χ0n) is 10.3. The number of rotatable bonds is 0. The highest BCUT2D eigenvalue weighted by Crippen LogP contribution is 2.34. The van der Waals surface area contributed by atoms with E-state index in [0.717, 1.165) is 0 Å². The second kappa shape index (κ2) is 3.18. The zero-order chi connectivity index (χ0) is 14.5. The van der Waals surface area contributed by atoms with Crippen molar-refractivity contribution in [2.45, 2.75) is 12.4 Å². The molecule has 0 saturated carbocycles. The molecule has 0 unspecified atom stereocenters. The Morgan fingerprint density at radius 1 is 0.857 bits per heavy atom. The minimum Gasteiger partial charge on any atom is -0.166 e. The summed E-state index contributed by atoms with van der Waals surface area (Å²) in [7, 11) is 0. The van der Waals surface area contributed by atoms with E-state index in [2.05, 4.69) is 0 Å². The first-order chi connectivity index (χ1) is 7.89. The van der Waals surface area contributed by atoms with Gasteiger partial charge in [-0.25, -0.2) is 0 Å². The number of hydrogen-bond acceptors (Lipinski definition) is 0. The Bertz CT molecular complexity index is 449. The van der Waals surface area contributed by atoms with E-state index in [1.165, 1.54) is 0 Å². The number of alkyl halides is 6. The van der Waals surface area contributed by atoms with E-state index in [4.69, 9.17) is 5.48 Å². The van der Waals surface area contributed by atoms with Gasteiger partial charge in [-0.1, -0.05) is 6.04 Å². The highest BCUT2D eigenvalue weighted by Gasteiger charge is 2.35. The van der Waals surface area contributed by atoms with Crippen LogP contribution in [0.25, 0.3) is 0 Å². The first kappa shape index (κ1) is 6.31. The molecule has 0 amide bonds. The van der Waals surface area contributed by atoms with E-state index in [-0.39, 0.29) is 0 Å². The van der Waals surface area contributed by atoms with Gasteiger partial charge in [-0.2, -0.15) is 26.3 Å². The highest BCUT2D eigenvalue weighted by atomic mass is 19.4. The van der Waals surface area contributed by atoms with Crippen LogP contribution < -0.4 is 0 Å². The van der Waals surface area contributed by atoms with Crippen molar-refractivity contribution < 1.29 is 31.8 Å². The van der Waals surface area contributed by atoms with Crippen molar-refractivity contribution >= 4 is 0 Å². The maximum Gasteiger partial charge on any atom is 0.416 e. The Hall–Kier alpha value is -1.20. The molecule has 0 heterocycles. The zero-order valence-corrected chi connectivity index (χ0v) is 6.27. The molecule has 0 fully saturated rings. The lowest BCUT2D eigenvalue weighted by molar-refractivity contribution is -0.143. The second-order valence-corrected chi connectivity index (χ2v) is 2.25. The molecule has 0 aromatic heterocycles. The first-order valence-corrected chi connectivity index (χ1v) is 3.13. The SMILES string of the molecule is [2H]c1c([2H])c(C(F)(F)F)c([2H])c(C(F)(F)F)c1[2H]. The summed E-state index contributed by atoms with van der Waals surface area (Å²) in [5.74, 6) is 0. The fourth-order valence-corrected chi connectivity index (χ4v) is 0.627. The van der Waals surface area contributed by atoms with Crippen molar-refractivity contribution in [3.05, 3.63) is 35.3 Å². The van der Waals surface area contributed by atoms with E-state index < -0.39 is 47.6 Å². The average Bonchev–Trinajstić information content (AvgIpc) is 2.09. The first-order valence-electron chi connectivity index (χ1n) is 5.13. The van der Waals surface area contributed by atoms with Crippen molar-refractivity contribution in [3.63, 3.8) is 0 Å². The van der Waals surface area contributed by atoms with Crippen molar-refractivity contribution in [2.24, 2.45) is 0 Å². The molecule has 0 nitrogen and oxygen atoms in total. The fourth-order valence-electron chi connectivity index (χ4n) is 0.627. The van der Waals surface area contributed by atoms with Gasteiger partial charge >= 0.3 is 12.4 Å². The molecule has 0 radical (unpaired) electrons. The Labute approximate surface area is 80.8 Å². The lowest BCUT2D eigenvalue weighted by Gasteiger charge is -2.10. The third kappa shape index (κ3) is 2.40. The summed E-state index contributed by atoms with van der Waals surface area (Å²) < 4.78 is 102. The van der Waals surface area contributed by atoms with Crippen LogP contribution in [0.3, 0.4) is 0 Å². The number of benzene rings is 1. The van der Waals surface area contributed by atoms with Gasteiger partial charge in [0.1, 0.15) is 0 Å². The lowest BCUT2D eigenvalue weighted by atomic mass is 10.1. The summed E-state index contributed by atoms with van der Waals surface area (Å²) in [6, 6.07) is -6.72. The van der Waals surface area contributed by atoms with E-state index in [9.17, 15) is 26.3 Å². The Morgan fingerprint density at radius 2 is 1.21 bits per heavy atom. The maximum atomic E-state index is 12.4. The summed E-state index contributed by atoms with van der Waals surface area (Å²) in [6.07, 6.45) is -10.7. The van der Waals surface area contributed by atoms with Crippen LogP contribution in [0.4, 0.5) is 26.3 Å². The monoisotopic (exact) mass is 218 g/mol. The van der Waals surface area contributed by atoms with Crippen molar-refractivity contribution in [1.29, 1.82) is 0 Å². The molecule has 1 aromatic rings. The molecule has 1 rings (SSSR count). The predicted octanol–water partition coefficient (Wildman–Crippen LogP) is 3.72. The summed E-state index contributed by atoms with van der Waals surface area (Å²) in [6.45, 7) is 0. The maximum absolute atomic E-state index is 12.4. The summed E-state index contributed by atoms with van der Waals surface area (Å²) in [4.78, 5) is 0. The molecular weight excluding hydrogens is 210 g/mol. The molecule has 6 heteroatoms. The third-order valence-corrected chi connectivity index (χ3v) is 1.19. The smallest absolute Gasteiger partial charge is 0.166 e. The normalized spacial score (nSPS) is 17.0. The number of halogens is 6. The molecule has 1 aromatic carbocycles. The van der Waals surface area contributed by atoms with E-state index in [0.29, 0.717) is 0 Å². The van der Waals surface area contributed by atoms with Gasteiger partial charge in [0.2, 0.25) is 0 Å². The van der Waals surface area contributed by atoms with Crippen LogP contribution in [-0.4, -0.2) is 0 Å². The topological polar surface area (TPSA) is 0 Å². The van der Waals surface area contributed by atoms with Gasteiger partial charge in [-0.05, 0) is 18.1 Å². The Morgan fingerprint density at radius 3 is 1.50 bits per heavy atom. The molecule has 78 valence electrons. The Kier molecular flexibility index (Phi) is 1.43. The molecule has 0 aliphatic carbocycles. The van der Waals surface area contributed by atoms with Gasteiger partial charge < -0.3 is 0 Å². The van der Waals surface area contributed by atoms with Crippen LogP contribution in [0.1, 0.15) is 16.6 Å². The molecule has 0 aliphatic rings. The van der Waals surface area contributed by atoms with Crippen LogP contribution in [0, 0.1) is 0 Å². The molecule has 0 bridgehead atoms. The van der Waals surface area contributed by atoms with Crippen LogP contribution >= 0.6 is 0 Å². The fraction of sp³-hybridized carbons (Fsp3) is 0.250. The standard InChI is InChI=1S/C8H4F6/c9-7(10,11)5-2-1-3-6(4-5)8(12,13)14/h1-4H/i1D,2D,3D,4D. The summed E-state index contributed by atoms with van der Waals surface area (Å²) >= 11 is 0. The van der Waals surface area contributed by atoms with Crippen molar-refractivity contribution in [2.75, 3.05) is 0 Å². The van der Waals surface area contributed by atoms with Gasteiger partial charge in [-0.15, -0.1) is 0 Å². The van der Waals surface area contributed by atoms with Gasteiger partial charge in [0.25, 0.3) is 0 Å². The van der Waals surface area contributed by atoms with Crippen molar-refractivity contribution in [1.82, 2.24) is 0 Å². The predicted molar refractivity (Wildman–Crippen MR) is 36.4 cm³/mol. The van der Waals surface area contributed by atoms with Crippen LogP contribution in [0.2, 0.25) is 0 Å². The third-order valence-electron chi connectivity index (χ3n) is 1.19. The Balaban J connectivity index is 3.83. The molecule has 0 N–H and O–H groups in total. The molecule has 0 spiro atoms. The largest absolute Gasteiger partial charge is 0.416 e.